The average Bonchev–Trinajstić information content (AvgIpc) is 2.81. The zero-order chi connectivity index (χ0) is 14.2. The second kappa shape index (κ2) is 5.13. The van der Waals surface area contributed by atoms with E-state index in [-0.39, 0.29) is 11.6 Å². The molecule has 0 bridgehead atoms. The number of aryl methyl sites for hydroxylation is 1. The Kier molecular flexibility index (Phi) is 3.71. The molecule has 0 N–H and O–H groups in total. The normalized spacial score (nSPS) is 10.6. The number of rotatable bonds is 2. The number of nitrogens with zero attached hydrogens (tertiary/aromatic N) is 3. The molecule has 0 saturated carbocycles. The van der Waals surface area contributed by atoms with Crippen molar-refractivity contribution in [2.75, 3.05) is 11.9 Å². The van der Waals surface area contributed by atoms with Crippen molar-refractivity contribution in [3.8, 4) is 0 Å². The lowest BCUT2D eigenvalue weighted by atomic mass is 10.2. The van der Waals surface area contributed by atoms with Gasteiger partial charge in [-0.3, -0.25) is 9.48 Å². The molecule has 0 saturated heterocycles. The maximum Gasteiger partial charge on any atom is 0.276 e. The zero-order valence-corrected chi connectivity index (χ0v) is 12.4. The van der Waals surface area contributed by atoms with Gasteiger partial charge in [0.2, 0.25) is 0 Å². The van der Waals surface area contributed by atoms with Crippen molar-refractivity contribution in [1.82, 2.24) is 9.78 Å². The molecular weight excluding hydrogens is 313 g/mol. The van der Waals surface area contributed by atoms with Crippen molar-refractivity contribution >= 4 is 27.5 Å². The van der Waals surface area contributed by atoms with Gasteiger partial charge in [-0.1, -0.05) is 15.9 Å². The molecule has 0 aliphatic carbocycles. The minimum Gasteiger partial charge on any atom is -0.307 e. The fraction of sp³-hybridized carbons (Fsp3) is 0.231. The molecule has 1 aromatic carbocycles. The second-order valence-corrected chi connectivity index (χ2v) is 5.06. The van der Waals surface area contributed by atoms with E-state index < -0.39 is 5.82 Å². The summed E-state index contributed by atoms with van der Waals surface area (Å²) in [5.74, 6) is -0.715. The van der Waals surface area contributed by atoms with Crippen LogP contribution in [-0.4, -0.2) is 22.7 Å². The first-order chi connectivity index (χ1) is 8.93. The van der Waals surface area contributed by atoms with Gasteiger partial charge in [-0.2, -0.15) is 5.10 Å². The number of anilines is 1. The summed E-state index contributed by atoms with van der Waals surface area (Å²) in [6, 6.07) is 4.89. The molecule has 0 atom stereocenters. The molecule has 0 spiro atoms. The zero-order valence-electron chi connectivity index (χ0n) is 10.8. The summed E-state index contributed by atoms with van der Waals surface area (Å²) in [5, 5.41) is 3.94. The van der Waals surface area contributed by atoms with Crippen LogP contribution < -0.4 is 4.90 Å². The molecular formula is C13H13BrFN3O. The van der Waals surface area contributed by atoms with Gasteiger partial charge in [0.1, 0.15) is 5.69 Å². The van der Waals surface area contributed by atoms with Crippen LogP contribution in [0.5, 0.6) is 0 Å². The van der Waals surface area contributed by atoms with E-state index >= 15 is 0 Å². The summed E-state index contributed by atoms with van der Waals surface area (Å²) in [5.41, 5.74) is 1.12. The number of halogens is 2. The molecule has 100 valence electrons. The second-order valence-electron chi connectivity index (χ2n) is 4.21. The van der Waals surface area contributed by atoms with Crippen LogP contribution >= 0.6 is 15.9 Å². The van der Waals surface area contributed by atoms with E-state index in [2.05, 4.69) is 21.0 Å². The van der Waals surface area contributed by atoms with Gasteiger partial charge in [0.15, 0.2) is 5.82 Å². The van der Waals surface area contributed by atoms with Gasteiger partial charge in [0.25, 0.3) is 5.91 Å². The van der Waals surface area contributed by atoms with Gasteiger partial charge in [-0.15, -0.1) is 0 Å². The average molecular weight is 326 g/mol. The predicted octanol–water partition coefficient (Wildman–Crippen LogP) is 2.91. The number of benzene rings is 1. The van der Waals surface area contributed by atoms with Crippen LogP contribution in [0.1, 0.15) is 16.1 Å². The van der Waals surface area contributed by atoms with Gasteiger partial charge in [0, 0.05) is 30.3 Å². The van der Waals surface area contributed by atoms with Crippen LogP contribution in [0.4, 0.5) is 10.1 Å². The third-order valence-corrected chi connectivity index (χ3v) is 3.86. The number of carbonyl (C=O) groups is 1. The fourth-order valence-electron chi connectivity index (χ4n) is 1.77. The Morgan fingerprint density at radius 2 is 2.11 bits per heavy atom. The predicted molar refractivity (Wildman–Crippen MR) is 74.8 cm³/mol. The van der Waals surface area contributed by atoms with Crippen molar-refractivity contribution in [3.05, 3.63) is 45.9 Å². The molecule has 19 heavy (non-hydrogen) atoms. The first kappa shape index (κ1) is 13.7. The first-order valence-corrected chi connectivity index (χ1v) is 6.43. The molecule has 6 heteroatoms. The van der Waals surface area contributed by atoms with Crippen LogP contribution in [0.2, 0.25) is 0 Å². The highest BCUT2D eigenvalue weighted by molar-refractivity contribution is 9.10. The standard InChI is InChI=1S/C13H13BrFN3O/c1-8-9(14)4-5-10(12(8)15)17(2)13(19)11-6-7-16-18(11)3/h4-7H,1-3H3. The molecule has 0 radical (unpaired) electrons. The van der Waals surface area contributed by atoms with E-state index in [1.54, 1.807) is 39.2 Å². The van der Waals surface area contributed by atoms with Crippen molar-refractivity contribution in [2.24, 2.45) is 7.05 Å². The Labute approximate surface area is 119 Å². The van der Waals surface area contributed by atoms with Gasteiger partial charge >= 0.3 is 0 Å². The minimum atomic E-state index is -0.410. The Bertz CT molecular complexity index is 639. The van der Waals surface area contributed by atoms with Crippen LogP contribution in [0, 0.1) is 12.7 Å². The molecule has 1 heterocycles. The quantitative estimate of drug-likeness (QED) is 0.851. The summed E-state index contributed by atoms with van der Waals surface area (Å²) in [7, 11) is 3.21. The van der Waals surface area contributed by atoms with Crippen molar-refractivity contribution in [2.45, 2.75) is 6.92 Å². The van der Waals surface area contributed by atoms with Crippen LogP contribution in [0.25, 0.3) is 0 Å². The Balaban J connectivity index is 2.40. The van der Waals surface area contributed by atoms with Crippen LogP contribution in [0.3, 0.4) is 0 Å². The molecule has 1 amide bonds. The van der Waals surface area contributed by atoms with Crippen LogP contribution in [-0.2, 0) is 7.05 Å². The van der Waals surface area contributed by atoms with E-state index in [9.17, 15) is 9.18 Å². The summed E-state index contributed by atoms with van der Waals surface area (Å²) in [4.78, 5) is 13.5. The molecule has 2 rings (SSSR count). The Morgan fingerprint density at radius 3 is 2.68 bits per heavy atom. The van der Waals surface area contributed by atoms with Crippen molar-refractivity contribution in [1.29, 1.82) is 0 Å². The number of aromatic nitrogens is 2. The highest BCUT2D eigenvalue weighted by Crippen LogP contribution is 2.27. The number of hydrogen-bond donors (Lipinski definition) is 0. The summed E-state index contributed by atoms with van der Waals surface area (Å²) < 4.78 is 16.3. The SMILES string of the molecule is Cc1c(Br)ccc(N(C)C(=O)c2ccnn2C)c1F. The van der Waals surface area contributed by atoms with E-state index in [0.717, 1.165) is 0 Å². The Morgan fingerprint density at radius 1 is 1.42 bits per heavy atom. The van der Waals surface area contributed by atoms with Crippen molar-refractivity contribution in [3.63, 3.8) is 0 Å². The maximum absolute atomic E-state index is 14.2. The summed E-state index contributed by atoms with van der Waals surface area (Å²) >= 11 is 3.26. The molecule has 0 unspecified atom stereocenters. The smallest absolute Gasteiger partial charge is 0.276 e. The fourth-order valence-corrected chi connectivity index (χ4v) is 2.08. The monoisotopic (exact) mass is 325 g/mol. The lowest BCUT2D eigenvalue weighted by molar-refractivity contribution is 0.0983. The van der Waals surface area contributed by atoms with E-state index in [1.165, 1.54) is 15.8 Å². The van der Waals surface area contributed by atoms with Crippen molar-refractivity contribution < 1.29 is 9.18 Å². The van der Waals surface area contributed by atoms with Gasteiger partial charge in [0.05, 0.1) is 5.69 Å². The minimum absolute atomic E-state index is 0.242. The molecule has 0 fully saturated rings. The van der Waals surface area contributed by atoms with E-state index in [4.69, 9.17) is 0 Å². The molecule has 2 aromatic rings. The lowest BCUT2D eigenvalue weighted by Crippen LogP contribution is -2.29. The van der Waals surface area contributed by atoms with Crippen LogP contribution in [0.15, 0.2) is 28.9 Å². The summed E-state index contributed by atoms with van der Waals surface area (Å²) in [6.07, 6.45) is 1.53. The number of hydrogen-bond acceptors (Lipinski definition) is 2. The van der Waals surface area contributed by atoms with E-state index in [0.29, 0.717) is 15.7 Å². The molecule has 1 aromatic heterocycles. The number of carbonyl (C=O) groups excluding carboxylic acids is 1. The highest BCUT2D eigenvalue weighted by Gasteiger charge is 2.20. The number of amides is 1. The molecule has 0 aliphatic heterocycles. The van der Waals surface area contributed by atoms with Gasteiger partial charge < -0.3 is 4.90 Å². The lowest BCUT2D eigenvalue weighted by Gasteiger charge is -2.19. The van der Waals surface area contributed by atoms with Gasteiger partial charge in [-0.25, -0.2) is 4.39 Å². The van der Waals surface area contributed by atoms with Gasteiger partial charge in [-0.05, 0) is 25.1 Å². The molecule has 0 aliphatic rings. The molecule has 4 nitrogen and oxygen atoms in total. The Hall–Kier alpha value is -1.69. The topological polar surface area (TPSA) is 38.1 Å². The maximum atomic E-state index is 14.2. The largest absolute Gasteiger partial charge is 0.307 e. The summed E-state index contributed by atoms with van der Waals surface area (Å²) in [6.45, 7) is 1.66. The van der Waals surface area contributed by atoms with E-state index in [1.807, 2.05) is 0 Å². The highest BCUT2D eigenvalue weighted by atomic mass is 79.9. The third-order valence-electron chi connectivity index (χ3n) is 3.01. The first-order valence-electron chi connectivity index (χ1n) is 5.64. The third kappa shape index (κ3) is 2.40.